The Kier molecular flexibility index (Phi) is 4.71. The van der Waals surface area contributed by atoms with Gasteiger partial charge < -0.3 is 10.3 Å². The third-order valence-electron chi connectivity index (χ3n) is 2.78. The Hall–Kier alpha value is -2.19. The first-order valence-corrected chi connectivity index (χ1v) is 7.81. The largest absolute Gasteiger partial charge is 0.347 e. The number of nitrogens with one attached hydrogen (secondary N) is 3. The lowest BCUT2D eigenvalue weighted by Gasteiger charge is -2.12. The number of nitrogens with zero attached hydrogens (tertiary/aromatic N) is 1. The summed E-state index contributed by atoms with van der Waals surface area (Å²) in [6.07, 6.45) is 3.23. The first-order chi connectivity index (χ1) is 9.99. The fourth-order valence-corrected chi connectivity index (χ4v) is 2.72. The maximum absolute atomic E-state index is 11.9. The molecule has 0 radical (unpaired) electrons. The molecule has 1 aromatic heterocycles. The van der Waals surface area contributed by atoms with Crippen molar-refractivity contribution in [3.63, 3.8) is 0 Å². The lowest BCUT2D eigenvalue weighted by Crippen LogP contribution is -2.38. The number of benzene rings is 1. The Morgan fingerprint density at radius 2 is 2.05 bits per heavy atom. The highest BCUT2D eigenvalue weighted by Crippen LogP contribution is 2.07. The van der Waals surface area contributed by atoms with E-state index in [4.69, 9.17) is 0 Å². The summed E-state index contributed by atoms with van der Waals surface area (Å²) in [5.41, 5.74) is 0. The van der Waals surface area contributed by atoms with Gasteiger partial charge in [0, 0.05) is 12.4 Å². The van der Waals surface area contributed by atoms with Gasteiger partial charge in [0.15, 0.2) is 0 Å². The normalized spacial score (nSPS) is 12.8. The van der Waals surface area contributed by atoms with Crippen LogP contribution in [0.2, 0.25) is 0 Å². The monoisotopic (exact) mass is 308 g/mol. The van der Waals surface area contributed by atoms with Crippen molar-refractivity contribution in [3.8, 4) is 0 Å². The molecular formula is C13H16N4O3S. The summed E-state index contributed by atoms with van der Waals surface area (Å²) in [7, 11) is -3.68. The number of imidazole rings is 1. The lowest BCUT2D eigenvalue weighted by atomic mass is 10.3. The predicted molar refractivity (Wildman–Crippen MR) is 76.8 cm³/mol. The van der Waals surface area contributed by atoms with Crippen LogP contribution in [0.1, 0.15) is 18.8 Å². The Labute approximate surface area is 122 Å². The van der Waals surface area contributed by atoms with E-state index in [1.54, 1.807) is 37.5 Å². The average Bonchev–Trinajstić information content (AvgIpc) is 3.00. The summed E-state index contributed by atoms with van der Waals surface area (Å²) in [6.45, 7) is 1.42. The number of carbonyl (C=O) groups is 1. The van der Waals surface area contributed by atoms with E-state index in [0.29, 0.717) is 5.82 Å². The number of carbonyl (C=O) groups excluding carboxylic acids is 1. The molecular weight excluding hydrogens is 292 g/mol. The Morgan fingerprint density at radius 3 is 2.67 bits per heavy atom. The van der Waals surface area contributed by atoms with E-state index in [0.717, 1.165) is 0 Å². The van der Waals surface area contributed by atoms with Crippen molar-refractivity contribution in [1.82, 2.24) is 20.0 Å². The molecule has 0 saturated carbocycles. The van der Waals surface area contributed by atoms with Crippen LogP contribution in [0, 0.1) is 0 Å². The van der Waals surface area contributed by atoms with Crippen LogP contribution < -0.4 is 10.0 Å². The van der Waals surface area contributed by atoms with Crippen molar-refractivity contribution in [3.05, 3.63) is 48.5 Å². The van der Waals surface area contributed by atoms with Gasteiger partial charge in [-0.2, -0.15) is 0 Å². The smallest absolute Gasteiger partial charge is 0.241 e. The van der Waals surface area contributed by atoms with E-state index in [-0.39, 0.29) is 17.5 Å². The predicted octanol–water partition coefficient (Wildman–Crippen LogP) is 0.565. The van der Waals surface area contributed by atoms with Gasteiger partial charge in [0.1, 0.15) is 5.82 Å². The van der Waals surface area contributed by atoms with Crippen LogP contribution in [-0.2, 0) is 14.8 Å². The second-order valence-corrected chi connectivity index (χ2v) is 6.17. The summed E-state index contributed by atoms with van der Waals surface area (Å²) in [5, 5.41) is 2.65. The van der Waals surface area contributed by atoms with Gasteiger partial charge in [-0.3, -0.25) is 4.79 Å². The van der Waals surface area contributed by atoms with Crippen molar-refractivity contribution < 1.29 is 13.2 Å². The fourth-order valence-electron chi connectivity index (χ4n) is 1.72. The quantitative estimate of drug-likeness (QED) is 0.725. The molecule has 0 saturated heterocycles. The first-order valence-electron chi connectivity index (χ1n) is 6.32. The molecule has 21 heavy (non-hydrogen) atoms. The molecule has 0 aliphatic carbocycles. The van der Waals surface area contributed by atoms with Gasteiger partial charge in [0.2, 0.25) is 15.9 Å². The van der Waals surface area contributed by atoms with Crippen LogP contribution in [0.15, 0.2) is 47.6 Å². The van der Waals surface area contributed by atoms with Gasteiger partial charge in [0.25, 0.3) is 0 Å². The third-order valence-corrected chi connectivity index (χ3v) is 4.20. The molecule has 0 aliphatic rings. The topological polar surface area (TPSA) is 104 Å². The standard InChI is InChI=1S/C13H16N4O3S/c1-10(13-14-7-8-15-13)17-12(18)9-16-21(19,20)11-5-3-2-4-6-11/h2-8,10,16H,9H2,1H3,(H,14,15)(H,17,18). The fraction of sp³-hybridized carbons (Fsp3) is 0.231. The molecule has 1 aromatic carbocycles. The summed E-state index contributed by atoms with van der Waals surface area (Å²) in [5.74, 6) is 0.174. The molecule has 1 atom stereocenters. The summed E-state index contributed by atoms with van der Waals surface area (Å²) < 4.78 is 26.1. The zero-order chi connectivity index (χ0) is 15.3. The number of hydrogen-bond acceptors (Lipinski definition) is 4. The van der Waals surface area contributed by atoms with Gasteiger partial charge >= 0.3 is 0 Å². The highest BCUT2D eigenvalue weighted by Gasteiger charge is 2.16. The average molecular weight is 308 g/mol. The van der Waals surface area contributed by atoms with Crippen LogP contribution >= 0.6 is 0 Å². The maximum Gasteiger partial charge on any atom is 0.241 e. The molecule has 1 heterocycles. The summed E-state index contributed by atoms with van der Waals surface area (Å²) >= 11 is 0. The molecule has 0 bridgehead atoms. The third kappa shape index (κ3) is 4.14. The Balaban J connectivity index is 1.89. The SMILES string of the molecule is CC(NC(=O)CNS(=O)(=O)c1ccccc1)c1ncc[nH]1. The highest BCUT2D eigenvalue weighted by atomic mass is 32.2. The zero-order valence-corrected chi connectivity index (χ0v) is 12.2. The van der Waals surface area contributed by atoms with Crippen molar-refractivity contribution >= 4 is 15.9 Å². The molecule has 2 aromatic rings. The van der Waals surface area contributed by atoms with Crippen molar-refractivity contribution in [1.29, 1.82) is 0 Å². The minimum Gasteiger partial charge on any atom is -0.347 e. The van der Waals surface area contributed by atoms with E-state index in [9.17, 15) is 13.2 Å². The van der Waals surface area contributed by atoms with E-state index in [1.807, 2.05) is 0 Å². The second-order valence-electron chi connectivity index (χ2n) is 4.40. The molecule has 7 nitrogen and oxygen atoms in total. The number of sulfonamides is 1. The number of rotatable bonds is 6. The van der Waals surface area contributed by atoms with Crippen LogP contribution in [0.5, 0.6) is 0 Å². The number of amides is 1. The van der Waals surface area contributed by atoms with Gasteiger partial charge in [0.05, 0.1) is 17.5 Å². The molecule has 0 spiro atoms. The highest BCUT2D eigenvalue weighted by molar-refractivity contribution is 7.89. The number of hydrogen-bond donors (Lipinski definition) is 3. The maximum atomic E-state index is 11.9. The van der Waals surface area contributed by atoms with Gasteiger partial charge in [-0.15, -0.1) is 0 Å². The van der Waals surface area contributed by atoms with Gasteiger partial charge in [-0.1, -0.05) is 18.2 Å². The molecule has 1 amide bonds. The minimum atomic E-state index is -3.68. The van der Waals surface area contributed by atoms with Crippen LogP contribution in [0.3, 0.4) is 0 Å². The molecule has 3 N–H and O–H groups in total. The van der Waals surface area contributed by atoms with Crippen LogP contribution in [0.25, 0.3) is 0 Å². The Morgan fingerprint density at radius 1 is 1.33 bits per heavy atom. The van der Waals surface area contributed by atoms with E-state index in [1.165, 1.54) is 12.1 Å². The zero-order valence-electron chi connectivity index (χ0n) is 11.4. The van der Waals surface area contributed by atoms with Crippen molar-refractivity contribution in [2.75, 3.05) is 6.54 Å². The first kappa shape index (κ1) is 15.2. The van der Waals surface area contributed by atoms with Crippen molar-refractivity contribution in [2.45, 2.75) is 17.9 Å². The molecule has 1 unspecified atom stereocenters. The van der Waals surface area contributed by atoms with E-state index < -0.39 is 15.9 Å². The summed E-state index contributed by atoms with van der Waals surface area (Å²) in [6, 6.07) is 7.56. The molecule has 8 heteroatoms. The Bertz CT molecular complexity index is 683. The van der Waals surface area contributed by atoms with Gasteiger partial charge in [-0.25, -0.2) is 18.1 Å². The van der Waals surface area contributed by atoms with E-state index >= 15 is 0 Å². The van der Waals surface area contributed by atoms with Crippen LogP contribution in [-0.4, -0.2) is 30.8 Å². The lowest BCUT2D eigenvalue weighted by molar-refractivity contribution is -0.120. The van der Waals surface area contributed by atoms with Crippen LogP contribution in [0.4, 0.5) is 0 Å². The molecule has 0 aliphatic heterocycles. The van der Waals surface area contributed by atoms with Gasteiger partial charge in [-0.05, 0) is 19.1 Å². The number of H-pyrrole nitrogens is 1. The molecule has 2 rings (SSSR count). The second kappa shape index (κ2) is 6.51. The van der Waals surface area contributed by atoms with Crippen molar-refractivity contribution in [2.24, 2.45) is 0 Å². The number of aromatic amines is 1. The molecule has 112 valence electrons. The van der Waals surface area contributed by atoms with E-state index in [2.05, 4.69) is 20.0 Å². The number of aromatic nitrogens is 2. The summed E-state index contributed by atoms with van der Waals surface area (Å²) in [4.78, 5) is 18.8. The molecule has 0 fully saturated rings. The minimum absolute atomic E-state index is 0.122.